The van der Waals surface area contributed by atoms with Crippen LogP contribution in [0.15, 0.2) is 0 Å². The van der Waals surface area contributed by atoms with E-state index >= 15 is 0 Å². The second-order valence-electron chi connectivity index (χ2n) is 0.744. The summed E-state index contributed by atoms with van der Waals surface area (Å²) in [5.41, 5.74) is 0. The fourth-order valence-electron chi connectivity index (χ4n) is 0. The van der Waals surface area contributed by atoms with Crippen LogP contribution in [0.1, 0.15) is 0 Å². The third-order valence-electron chi connectivity index (χ3n) is 0. The van der Waals surface area contributed by atoms with Gasteiger partial charge >= 0.3 is 38.2 Å². The molecule has 0 unspecified atom stereocenters. The van der Waals surface area contributed by atoms with Gasteiger partial charge in [0.25, 0.3) is 0 Å². The van der Waals surface area contributed by atoms with Gasteiger partial charge in [-0.15, -0.1) is 0 Å². The van der Waals surface area contributed by atoms with Crippen LogP contribution in [0.3, 0.4) is 0 Å². The van der Waals surface area contributed by atoms with Crippen LogP contribution in [0.5, 0.6) is 0 Å². The molecule has 0 spiro atoms. The van der Waals surface area contributed by atoms with Gasteiger partial charge < -0.3 is 14.7 Å². The Morgan fingerprint density at radius 3 is 1.11 bits per heavy atom. The number of hydrogen-bond acceptors (Lipinski definition) is 2. The molecule has 0 radical (unpaired) electrons. The van der Waals surface area contributed by atoms with Crippen LogP contribution in [0.25, 0.3) is 0 Å². The fraction of sp³-hybridized carbons (Fsp3) is 0. The molecular formula is H5O7PTe. The van der Waals surface area contributed by atoms with E-state index in [0.717, 1.165) is 0 Å². The van der Waals surface area contributed by atoms with Crippen LogP contribution in [0.4, 0.5) is 0 Å². The monoisotopic (exact) mass is 278 g/mol. The zero-order valence-corrected chi connectivity index (χ0v) is 7.13. The van der Waals surface area contributed by atoms with E-state index in [1.54, 1.807) is 0 Å². The quantitative estimate of drug-likeness (QED) is 0.243. The van der Waals surface area contributed by atoms with Gasteiger partial charge in [-0.25, -0.2) is 4.57 Å². The van der Waals surface area contributed by atoms with Crippen molar-refractivity contribution in [3.8, 4) is 0 Å². The predicted molar refractivity (Wildman–Crippen MR) is 25.1 cm³/mol. The summed E-state index contributed by atoms with van der Waals surface area (Å²) in [5, 5.41) is 0. The predicted octanol–water partition coefficient (Wildman–Crippen LogP) is -2.54. The van der Waals surface area contributed by atoms with Crippen molar-refractivity contribution in [1.29, 1.82) is 0 Å². The van der Waals surface area contributed by atoms with E-state index < -0.39 is 28.2 Å². The molecule has 7 nitrogen and oxygen atoms in total. The zero-order chi connectivity index (χ0) is 8.08. The molecule has 0 aromatic heterocycles. The Bertz CT molecular complexity index is 109. The molecule has 9 heteroatoms. The van der Waals surface area contributed by atoms with Crippen molar-refractivity contribution in [3.63, 3.8) is 0 Å². The molecule has 0 fully saturated rings. The Morgan fingerprint density at radius 1 is 1.11 bits per heavy atom. The first kappa shape index (κ1) is 12.3. The summed E-state index contributed by atoms with van der Waals surface area (Å²) in [6.07, 6.45) is 0. The van der Waals surface area contributed by atoms with Gasteiger partial charge in [0.15, 0.2) is 0 Å². The second kappa shape index (κ2) is 5.41. The van der Waals surface area contributed by atoms with Crippen LogP contribution in [-0.4, -0.2) is 42.0 Å². The van der Waals surface area contributed by atoms with E-state index in [1.807, 2.05) is 0 Å². The molecule has 0 heterocycles. The van der Waals surface area contributed by atoms with E-state index in [1.165, 1.54) is 0 Å². The summed E-state index contributed by atoms with van der Waals surface area (Å²) >= 11 is -3.61. The van der Waals surface area contributed by atoms with Gasteiger partial charge in [0, 0.05) is 0 Å². The molecule has 0 aromatic rings. The summed E-state index contributed by atoms with van der Waals surface area (Å²) in [6.45, 7) is 0. The topological polar surface area (TPSA) is 135 Å². The van der Waals surface area contributed by atoms with E-state index in [-0.39, 0.29) is 0 Å². The van der Waals surface area contributed by atoms with Gasteiger partial charge in [-0.1, -0.05) is 0 Å². The van der Waals surface area contributed by atoms with Crippen LogP contribution >= 0.6 is 7.82 Å². The number of phosphoric acid groups is 1. The van der Waals surface area contributed by atoms with Gasteiger partial charge in [-0.3, -0.25) is 0 Å². The van der Waals surface area contributed by atoms with Gasteiger partial charge in [-0.05, 0) is 0 Å². The molecule has 0 aromatic carbocycles. The molecule has 0 aliphatic heterocycles. The van der Waals surface area contributed by atoms with Gasteiger partial charge in [0.2, 0.25) is 0 Å². The number of hydrogen-bond donors (Lipinski definition) is 5. The molecule has 0 atom stereocenters. The molecule has 0 bridgehead atoms. The average molecular weight is 276 g/mol. The molecule has 0 aliphatic carbocycles. The van der Waals surface area contributed by atoms with E-state index in [0.29, 0.717) is 0 Å². The Labute approximate surface area is 57.9 Å². The molecule has 0 saturated heterocycles. The summed E-state index contributed by atoms with van der Waals surface area (Å²) in [5.74, 6) is 0. The first-order valence-electron chi connectivity index (χ1n) is 1.31. The third kappa shape index (κ3) is 984. The average Bonchev–Trinajstić information content (AvgIpc) is 1.19. The summed E-state index contributed by atoms with van der Waals surface area (Å²) in [6, 6.07) is 0. The Hall–Kier alpha value is 0.620. The molecular weight excluding hydrogens is 271 g/mol. The maximum absolute atomic E-state index is 8.88. The van der Waals surface area contributed by atoms with Crippen molar-refractivity contribution in [2.45, 2.75) is 0 Å². The van der Waals surface area contributed by atoms with E-state index in [4.69, 9.17) is 29.3 Å². The molecule has 58 valence electrons. The van der Waals surface area contributed by atoms with Crippen LogP contribution in [0, 0.1) is 0 Å². The first-order valence-corrected chi connectivity index (χ1v) is 5.92. The number of rotatable bonds is 0. The summed E-state index contributed by atoms with van der Waals surface area (Å²) < 4.78 is 32.1. The maximum atomic E-state index is 8.88. The first-order chi connectivity index (χ1) is 3.73. The summed E-state index contributed by atoms with van der Waals surface area (Å²) in [7, 11) is -4.64. The van der Waals surface area contributed by atoms with Crippen LogP contribution in [-0.2, 0) is 7.67 Å². The van der Waals surface area contributed by atoms with Gasteiger partial charge in [0.1, 0.15) is 0 Å². The summed E-state index contributed by atoms with van der Waals surface area (Å²) in [4.78, 5) is 21.6. The van der Waals surface area contributed by atoms with Gasteiger partial charge in [0.05, 0.1) is 0 Å². The minimum absolute atomic E-state index is 3.61. The van der Waals surface area contributed by atoms with Crippen molar-refractivity contribution in [2.75, 3.05) is 0 Å². The Kier molecular flexibility index (Phi) is 7.40. The van der Waals surface area contributed by atoms with E-state index in [9.17, 15) is 0 Å². The van der Waals surface area contributed by atoms with Crippen molar-refractivity contribution < 1.29 is 29.3 Å². The molecule has 0 rings (SSSR count). The van der Waals surface area contributed by atoms with Crippen molar-refractivity contribution in [2.24, 2.45) is 0 Å². The fourth-order valence-corrected chi connectivity index (χ4v) is 0. The van der Waals surface area contributed by atoms with Crippen LogP contribution < -0.4 is 0 Å². The zero-order valence-electron chi connectivity index (χ0n) is 3.91. The van der Waals surface area contributed by atoms with E-state index in [2.05, 4.69) is 0 Å². The Morgan fingerprint density at radius 2 is 1.11 bits per heavy atom. The molecule has 0 saturated carbocycles. The SMILES string of the molecule is O=P(O)(O)O.O=[Te](O)O. The second-order valence-corrected chi connectivity index (χ2v) is 3.09. The van der Waals surface area contributed by atoms with Crippen molar-refractivity contribution in [1.82, 2.24) is 0 Å². The van der Waals surface area contributed by atoms with Crippen LogP contribution in [0.2, 0.25) is 0 Å². The Balaban J connectivity index is 0. The van der Waals surface area contributed by atoms with Crippen molar-refractivity contribution >= 4 is 28.2 Å². The standard InChI is InChI=1S/H3O4P.H2O3Te/c1-5(2,3)4;1-4(2)3/h(H3,1,2,3,4);(H2,1,2,3). The molecule has 0 amide bonds. The van der Waals surface area contributed by atoms with Crippen molar-refractivity contribution in [3.05, 3.63) is 0 Å². The molecule has 0 aliphatic rings. The van der Waals surface area contributed by atoms with Gasteiger partial charge in [-0.2, -0.15) is 0 Å². The normalized spacial score (nSPS) is 10.4. The minimum atomic E-state index is -4.64. The third-order valence-corrected chi connectivity index (χ3v) is 0. The molecule has 9 heavy (non-hydrogen) atoms. The molecule has 5 N–H and O–H groups in total.